The van der Waals surface area contributed by atoms with Crippen molar-refractivity contribution in [1.82, 2.24) is 0 Å². The van der Waals surface area contributed by atoms with Gasteiger partial charge in [-0.2, -0.15) is 0 Å². The number of carbonyl (C=O) groups is 1. The Kier molecular flexibility index (Phi) is 5.13. The largest absolute Gasteiger partial charge is 0.293 e. The van der Waals surface area contributed by atoms with E-state index < -0.39 is 0 Å². The first kappa shape index (κ1) is 15.0. The average molecular weight is 286 g/mol. The van der Waals surface area contributed by atoms with E-state index in [1.54, 1.807) is 0 Å². The van der Waals surface area contributed by atoms with Crippen molar-refractivity contribution in [2.45, 2.75) is 46.0 Å². The van der Waals surface area contributed by atoms with Crippen molar-refractivity contribution in [3.63, 3.8) is 0 Å². The van der Waals surface area contributed by atoms with Crippen LogP contribution in [0.15, 0.2) is 35.7 Å². The molecule has 0 aliphatic rings. The molecule has 2 aromatic rings. The first-order valence-corrected chi connectivity index (χ1v) is 8.16. The Morgan fingerprint density at radius 3 is 2.70 bits per heavy atom. The van der Waals surface area contributed by atoms with Gasteiger partial charge in [0.15, 0.2) is 5.78 Å². The molecule has 0 radical (unpaired) electrons. The Bertz CT molecular complexity index is 569. The lowest BCUT2D eigenvalue weighted by Gasteiger charge is -2.15. The van der Waals surface area contributed by atoms with Gasteiger partial charge in [-0.3, -0.25) is 4.79 Å². The van der Waals surface area contributed by atoms with E-state index in [0.29, 0.717) is 12.3 Å². The Morgan fingerprint density at radius 2 is 2.10 bits per heavy atom. The summed E-state index contributed by atoms with van der Waals surface area (Å²) in [6.07, 6.45) is 2.63. The van der Waals surface area contributed by atoms with Crippen molar-refractivity contribution in [3.05, 3.63) is 57.3 Å². The van der Waals surface area contributed by atoms with Crippen molar-refractivity contribution in [2.75, 3.05) is 0 Å². The van der Waals surface area contributed by atoms with Gasteiger partial charge in [0.25, 0.3) is 0 Å². The second-order valence-corrected chi connectivity index (χ2v) is 6.33. The van der Waals surface area contributed by atoms with E-state index in [2.05, 4.69) is 39.0 Å². The molecule has 106 valence electrons. The standard InChI is InChI=1S/C18H22OS/c1-4-15-8-9-16(14(3)12-15)13(2)7-10-17(19)18-6-5-11-20-18/h5-6,8-9,11-13H,4,7,10H2,1-3H3. The van der Waals surface area contributed by atoms with Gasteiger partial charge in [-0.05, 0) is 53.8 Å². The summed E-state index contributed by atoms with van der Waals surface area (Å²) in [6, 6.07) is 10.6. The Balaban J connectivity index is 1.98. The maximum Gasteiger partial charge on any atom is 0.172 e. The molecule has 0 amide bonds. The lowest BCUT2D eigenvalue weighted by molar-refractivity contribution is 0.0982. The predicted molar refractivity (Wildman–Crippen MR) is 86.9 cm³/mol. The van der Waals surface area contributed by atoms with Gasteiger partial charge in [-0.25, -0.2) is 0 Å². The molecule has 2 heteroatoms. The molecule has 1 nitrogen and oxygen atoms in total. The van der Waals surface area contributed by atoms with Gasteiger partial charge in [0.05, 0.1) is 4.88 Å². The Hall–Kier alpha value is -1.41. The molecular weight excluding hydrogens is 264 g/mol. The zero-order valence-electron chi connectivity index (χ0n) is 12.5. The fourth-order valence-corrected chi connectivity index (χ4v) is 3.27. The summed E-state index contributed by atoms with van der Waals surface area (Å²) in [6.45, 7) is 6.57. The van der Waals surface area contributed by atoms with Crippen LogP contribution in [0.25, 0.3) is 0 Å². The highest BCUT2D eigenvalue weighted by atomic mass is 32.1. The quantitative estimate of drug-likeness (QED) is 0.651. The van der Waals surface area contributed by atoms with E-state index in [1.165, 1.54) is 28.0 Å². The maximum atomic E-state index is 12.0. The normalized spacial score (nSPS) is 12.3. The highest BCUT2D eigenvalue weighted by Crippen LogP contribution is 2.26. The molecule has 1 unspecified atom stereocenters. The summed E-state index contributed by atoms with van der Waals surface area (Å²) >= 11 is 1.54. The molecule has 0 fully saturated rings. The van der Waals surface area contributed by atoms with Crippen molar-refractivity contribution in [1.29, 1.82) is 0 Å². The van der Waals surface area contributed by atoms with Crippen LogP contribution >= 0.6 is 11.3 Å². The second kappa shape index (κ2) is 6.85. The third-order valence-corrected chi connectivity index (χ3v) is 4.78. The fourth-order valence-electron chi connectivity index (χ4n) is 2.57. The maximum absolute atomic E-state index is 12.0. The third kappa shape index (κ3) is 3.57. The summed E-state index contributed by atoms with van der Waals surface area (Å²) in [5.74, 6) is 0.708. The van der Waals surface area contributed by atoms with Crippen LogP contribution in [0.2, 0.25) is 0 Å². The molecule has 1 aromatic heterocycles. The van der Waals surface area contributed by atoms with Crippen LogP contribution in [-0.2, 0) is 6.42 Å². The summed E-state index contributed by atoms with van der Waals surface area (Å²) in [5, 5.41) is 1.96. The number of hydrogen-bond acceptors (Lipinski definition) is 2. The monoisotopic (exact) mass is 286 g/mol. The van der Waals surface area contributed by atoms with E-state index in [1.807, 2.05) is 17.5 Å². The Labute approximate surface area is 125 Å². The number of ketones is 1. The molecule has 20 heavy (non-hydrogen) atoms. The molecular formula is C18H22OS. The van der Waals surface area contributed by atoms with Gasteiger partial charge in [0.1, 0.15) is 0 Å². The van der Waals surface area contributed by atoms with Crippen LogP contribution in [0, 0.1) is 6.92 Å². The fraction of sp³-hybridized carbons (Fsp3) is 0.389. The van der Waals surface area contributed by atoms with Gasteiger partial charge < -0.3 is 0 Å². The number of Topliss-reactive ketones (excluding diaryl/α,β-unsaturated/α-hetero) is 1. The third-order valence-electron chi connectivity index (χ3n) is 3.87. The molecule has 1 atom stereocenters. The van der Waals surface area contributed by atoms with Crippen molar-refractivity contribution < 1.29 is 4.79 Å². The highest BCUT2D eigenvalue weighted by Gasteiger charge is 2.13. The minimum Gasteiger partial charge on any atom is -0.293 e. The number of carbonyl (C=O) groups excluding carboxylic acids is 1. The number of hydrogen-bond donors (Lipinski definition) is 0. The molecule has 0 aliphatic carbocycles. The van der Waals surface area contributed by atoms with E-state index in [9.17, 15) is 4.79 Å². The zero-order chi connectivity index (χ0) is 14.5. The van der Waals surface area contributed by atoms with E-state index in [0.717, 1.165) is 17.7 Å². The van der Waals surface area contributed by atoms with E-state index >= 15 is 0 Å². The summed E-state index contributed by atoms with van der Waals surface area (Å²) in [7, 11) is 0. The van der Waals surface area contributed by atoms with Crippen LogP contribution in [0.5, 0.6) is 0 Å². The number of benzene rings is 1. The minimum atomic E-state index is 0.273. The molecule has 0 bridgehead atoms. The minimum absolute atomic E-state index is 0.273. The lowest BCUT2D eigenvalue weighted by Crippen LogP contribution is -2.02. The van der Waals surface area contributed by atoms with Gasteiger partial charge in [-0.15, -0.1) is 11.3 Å². The van der Waals surface area contributed by atoms with Crippen LogP contribution < -0.4 is 0 Å². The predicted octanol–water partition coefficient (Wildman–Crippen LogP) is 5.39. The smallest absolute Gasteiger partial charge is 0.172 e. The molecule has 1 heterocycles. The van der Waals surface area contributed by atoms with Crippen LogP contribution in [0.3, 0.4) is 0 Å². The van der Waals surface area contributed by atoms with Gasteiger partial charge >= 0.3 is 0 Å². The van der Waals surface area contributed by atoms with E-state index in [4.69, 9.17) is 0 Å². The topological polar surface area (TPSA) is 17.1 Å². The molecule has 0 saturated heterocycles. The Morgan fingerprint density at radius 1 is 1.30 bits per heavy atom. The van der Waals surface area contributed by atoms with E-state index in [-0.39, 0.29) is 5.78 Å². The highest BCUT2D eigenvalue weighted by molar-refractivity contribution is 7.12. The van der Waals surface area contributed by atoms with Crippen molar-refractivity contribution in [3.8, 4) is 0 Å². The summed E-state index contributed by atoms with van der Waals surface area (Å²) in [5.41, 5.74) is 4.11. The van der Waals surface area contributed by atoms with Crippen LogP contribution in [-0.4, -0.2) is 5.78 Å². The first-order chi connectivity index (χ1) is 9.61. The summed E-state index contributed by atoms with van der Waals surface area (Å²) in [4.78, 5) is 12.9. The molecule has 1 aromatic carbocycles. The molecule has 0 aliphatic heterocycles. The van der Waals surface area contributed by atoms with Gasteiger partial charge in [0.2, 0.25) is 0 Å². The zero-order valence-corrected chi connectivity index (χ0v) is 13.3. The summed E-state index contributed by atoms with van der Waals surface area (Å²) < 4.78 is 0. The van der Waals surface area contributed by atoms with Crippen molar-refractivity contribution >= 4 is 17.1 Å². The van der Waals surface area contributed by atoms with Crippen molar-refractivity contribution in [2.24, 2.45) is 0 Å². The molecule has 0 saturated carbocycles. The number of thiophene rings is 1. The lowest BCUT2D eigenvalue weighted by atomic mass is 9.90. The van der Waals surface area contributed by atoms with Gasteiger partial charge in [-0.1, -0.05) is 38.1 Å². The molecule has 2 rings (SSSR count). The SMILES string of the molecule is CCc1ccc(C(C)CCC(=O)c2cccs2)c(C)c1. The van der Waals surface area contributed by atoms with Crippen LogP contribution in [0.1, 0.15) is 59.0 Å². The number of aryl methyl sites for hydroxylation is 2. The van der Waals surface area contributed by atoms with Crippen LogP contribution in [0.4, 0.5) is 0 Å². The number of rotatable bonds is 6. The molecule has 0 spiro atoms. The first-order valence-electron chi connectivity index (χ1n) is 7.28. The second-order valence-electron chi connectivity index (χ2n) is 5.38. The van der Waals surface area contributed by atoms with Gasteiger partial charge in [0, 0.05) is 6.42 Å². The average Bonchev–Trinajstić information content (AvgIpc) is 2.98. The molecule has 0 N–H and O–H groups in total.